The van der Waals surface area contributed by atoms with Gasteiger partial charge in [0.2, 0.25) is 0 Å². The van der Waals surface area contributed by atoms with Crippen LogP contribution in [-0.4, -0.2) is 24.7 Å². The Hall–Kier alpha value is -0.570. The van der Waals surface area contributed by atoms with Gasteiger partial charge in [-0.1, -0.05) is 26.7 Å². The number of nitrogens with one attached hydrogen (secondary N) is 1. The molecule has 3 heteroatoms. The second-order valence-electron chi connectivity index (χ2n) is 5.85. The molecule has 1 N–H and O–H groups in total. The lowest BCUT2D eigenvalue weighted by molar-refractivity contribution is -0.145. The third kappa shape index (κ3) is 4.97. The summed E-state index contributed by atoms with van der Waals surface area (Å²) in [5, 5.41) is 3.43. The Labute approximate surface area is 112 Å². The normalized spacial score (nSPS) is 26.7. The van der Waals surface area contributed by atoms with Crippen LogP contribution < -0.4 is 5.32 Å². The Kier molecular flexibility index (Phi) is 6.69. The molecule has 106 valence electrons. The standard InChI is InChI=1S/C15H29NO2/c1-5-18-15(17)12(4)16-14-8-6-7-13(9-10-14)11(2)3/h11-14,16H,5-10H2,1-4H3. The van der Waals surface area contributed by atoms with E-state index in [1.807, 2.05) is 13.8 Å². The molecule has 3 nitrogen and oxygen atoms in total. The Morgan fingerprint density at radius 1 is 1.22 bits per heavy atom. The summed E-state index contributed by atoms with van der Waals surface area (Å²) in [5.74, 6) is 1.52. The van der Waals surface area contributed by atoms with Gasteiger partial charge in [-0.25, -0.2) is 0 Å². The summed E-state index contributed by atoms with van der Waals surface area (Å²) in [5.41, 5.74) is 0. The van der Waals surface area contributed by atoms with Crippen LogP contribution in [0.1, 0.15) is 59.8 Å². The molecular weight excluding hydrogens is 226 g/mol. The van der Waals surface area contributed by atoms with Gasteiger partial charge in [0.15, 0.2) is 0 Å². The van der Waals surface area contributed by atoms with E-state index in [0.717, 1.165) is 11.8 Å². The van der Waals surface area contributed by atoms with Crippen molar-refractivity contribution in [3.8, 4) is 0 Å². The predicted octanol–water partition coefficient (Wildman–Crippen LogP) is 3.13. The number of rotatable bonds is 5. The van der Waals surface area contributed by atoms with Crippen LogP contribution in [0, 0.1) is 11.8 Å². The molecule has 1 aliphatic rings. The zero-order chi connectivity index (χ0) is 13.5. The van der Waals surface area contributed by atoms with Crippen molar-refractivity contribution in [1.29, 1.82) is 0 Å². The van der Waals surface area contributed by atoms with Crippen molar-refractivity contribution in [2.24, 2.45) is 11.8 Å². The fourth-order valence-electron chi connectivity index (χ4n) is 2.85. The van der Waals surface area contributed by atoms with E-state index in [0.29, 0.717) is 12.6 Å². The van der Waals surface area contributed by atoms with Gasteiger partial charge >= 0.3 is 5.97 Å². The molecule has 0 aromatic heterocycles. The van der Waals surface area contributed by atoms with Crippen LogP contribution in [0.15, 0.2) is 0 Å². The minimum absolute atomic E-state index is 0.123. The first-order valence-electron chi connectivity index (χ1n) is 7.47. The summed E-state index contributed by atoms with van der Waals surface area (Å²) in [6, 6.07) is 0.304. The van der Waals surface area contributed by atoms with Crippen LogP contribution >= 0.6 is 0 Å². The summed E-state index contributed by atoms with van der Waals surface area (Å²) in [7, 11) is 0. The number of carbonyl (C=O) groups excluding carboxylic acids is 1. The van der Waals surface area contributed by atoms with Gasteiger partial charge in [-0.2, -0.15) is 0 Å². The number of hydrogen-bond donors (Lipinski definition) is 1. The Bertz CT molecular complexity index is 253. The van der Waals surface area contributed by atoms with E-state index < -0.39 is 0 Å². The highest BCUT2D eigenvalue weighted by atomic mass is 16.5. The molecule has 0 heterocycles. The molecule has 3 atom stereocenters. The molecule has 18 heavy (non-hydrogen) atoms. The van der Waals surface area contributed by atoms with Gasteiger partial charge in [0, 0.05) is 6.04 Å². The molecule has 0 amide bonds. The lowest BCUT2D eigenvalue weighted by atomic mass is 9.89. The molecule has 1 aliphatic carbocycles. The fourth-order valence-corrected chi connectivity index (χ4v) is 2.85. The number of hydrogen-bond acceptors (Lipinski definition) is 3. The van der Waals surface area contributed by atoms with E-state index in [1.165, 1.54) is 32.1 Å². The topological polar surface area (TPSA) is 38.3 Å². The molecule has 0 saturated heterocycles. The van der Waals surface area contributed by atoms with Crippen LogP contribution in [0.5, 0.6) is 0 Å². The minimum Gasteiger partial charge on any atom is -0.465 e. The highest BCUT2D eigenvalue weighted by molar-refractivity contribution is 5.75. The van der Waals surface area contributed by atoms with Gasteiger partial charge < -0.3 is 10.1 Å². The highest BCUT2D eigenvalue weighted by Gasteiger charge is 2.23. The molecular formula is C15H29NO2. The van der Waals surface area contributed by atoms with Crippen LogP contribution in [0.3, 0.4) is 0 Å². The maximum absolute atomic E-state index is 11.6. The zero-order valence-corrected chi connectivity index (χ0v) is 12.4. The van der Waals surface area contributed by atoms with Crippen LogP contribution in [0.4, 0.5) is 0 Å². The summed E-state index contributed by atoms with van der Waals surface area (Å²) >= 11 is 0. The van der Waals surface area contributed by atoms with E-state index in [-0.39, 0.29) is 12.0 Å². The molecule has 1 rings (SSSR count). The lowest BCUT2D eigenvalue weighted by Gasteiger charge is -2.21. The molecule has 0 aliphatic heterocycles. The summed E-state index contributed by atoms with van der Waals surface area (Å²) in [6.45, 7) is 8.86. The number of carbonyl (C=O) groups is 1. The average Bonchev–Trinajstić information content (AvgIpc) is 2.55. The Balaban J connectivity index is 2.37. The largest absolute Gasteiger partial charge is 0.465 e. The van der Waals surface area contributed by atoms with Crippen molar-refractivity contribution in [2.75, 3.05) is 6.61 Å². The Morgan fingerprint density at radius 3 is 2.56 bits per heavy atom. The predicted molar refractivity (Wildman–Crippen MR) is 74.4 cm³/mol. The van der Waals surface area contributed by atoms with Crippen LogP contribution in [0.2, 0.25) is 0 Å². The SMILES string of the molecule is CCOC(=O)C(C)NC1CCCC(C(C)C)CC1. The number of ether oxygens (including phenoxy) is 1. The second kappa shape index (κ2) is 7.78. The highest BCUT2D eigenvalue weighted by Crippen LogP contribution is 2.28. The van der Waals surface area contributed by atoms with Gasteiger partial charge in [0.05, 0.1) is 6.61 Å². The van der Waals surface area contributed by atoms with E-state index in [1.54, 1.807) is 0 Å². The smallest absolute Gasteiger partial charge is 0.322 e. The van der Waals surface area contributed by atoms with E-state index in [2.05, 4.69) is 19.2 Å². The van der Waals surface area contributed by atoms with Gasteiger partial charge in [0.25, 0.3) is 0 Å². The van der Waals surface area contributed by atoms with Crippen molar-refractivity contribution >= 4 is 5.97 Å². The van der Waals surface area contributed by atoms with Crippen molar-refractivity contribution in [3.63, 3.8) is 0 Å². The molecule has 0 aromatic rings. The summed E-state index contributed by atoms with van der Waals surface area (Å²) < 4.78 is 5.03. The first-order valence-corrected chi connectivity index (χ1v) is 7.47. The quantitative estimate of drug-likeness (QED) is 0.606. The number of esters is 1. The average molecular weight is 255 g/mol. The van der Waals surface area contributed by atoms with E-state index in [4.69, 9.17) is 4.74 Å². The third-order valence-electron chi connectivity index (χ3n) is 4.08. The maximum Gasteiger partial charge on any atom is 0.322 e. The lowest BCUT2D eigenvalue weighted by Crippen LogP contribution is -2.42. The van der Waals surface area contributed by atoms with Crippen molar-refractivity contribution in [2.45, 2.75) is 71.9 Å². The molecule has 1 fully saturated rings. The van der Waals surface area contributed by atoms with Crippen molar-refractivity contribution in [1.82, 2.24) is 5.32 Å². The fraction of sp³-hybridized carbons (Fsp3) is 0.933. The van der Waals surface area contributed by atoms with Crippen LogP contribution in [0.25, 0.3) is 0 Å². The van der Waals surface area contributed by atoms with Crippen LogP contribution in [-0.2, 0) is 9.53 Å². The Morgan fingerprint density at radius 2 is 1.94 bits per heavy atom. The summed E-state index contributed by atoms with van der Waals surface area (Å²) in [4.78, 5) is 11.6. The van der Waals surface area contributed by atoms with Gasteiger partial charge in [0.1, 0.15) is 6.04 Å². The molecule has 0 spiro atoms. The molecule has 3 unspecified atom stereocenters. The van der Waals surface area contributed by atoms with E-state index >= 15 is 0 Å². The van der Waals surface area contributed by atoms with Gasteiger partial charge in [-0.05, 0) is 44.9 Å². The molecule has 0 bridgehead atoms. The van der Waals surface area contributed by atoms with Gasteiger partial charge in [-0.15, -0.1) is 0 Å². The van der Waals surface area contributed by atoms with Crippen molar-refractivity contribution in [3.05, 3.63) is 0 Å². The first-order chi connectivity index (χ1) is 8.54. The first kappa shape index (κ1) is 15.5. The molecule has 0 radical (unpaired) electrons. The van der Waals surface area contributed by atoms with Crippen molar-refractivity contribution < 1.29 is 9.53 Å². The molecule has 1 saturated carbocycles. The van der Waals surface area contributed by atoms with Gasteiger partial charge in [-0.3, -0.25) is 4.79 Å². The van der Waals surface area contributed by atoms with E-state index in [9.17, 15) is 4.79 Å². The molecule has 0 aromatic carbocycles. The second-order valence-corrected chi connectivity index (χ2v) is 5.85. The zero-order valence-electron chi connectivity index (χ0n) is 12.4. The third-order valence-corrected chi connectivity index (χ3v) is 4.08. The maximum atomic E-state index is 11.6. The summed E-state index contributed by atoms with van der Waals surface area (Å²) in [6.07, 6.45) is 6.27. The minimum atomic E-state index is -0.175. The monoisotopic (exact) mass is 255 g/mol.